The monoisotopic (exact) mass is 490 g/mol. The van der Waals surface area contributed by atoms with Gasteiger partial charge in [0.15, 0.2) is 11.3 Å². The van der Waals surface area contributed by atoms with E-state index in [-0.39, 0.29) is 28.6 Å². The van der Waals surface area contributed by atoms with Crippen molar-refractivity contribution in [3.63, 3.8) is 0 Å². The Hall–Kier alpha value is -4.58. The summed E-state index contributed by atoms with van der Waals surface area (Å²) >= 11 is 0. The maximum Gasteiger partial charge on any atom is 0.433 e. The van der Waals surface area contributed by atoms with Crippen molar-refractivity contribution in [3.05, 3.63) is 75.2 Å². The van der Waals surface area contributed by atoms with E-state index in [0.29, 0.717) is 22.8 Å². The molecular weight excluding hydrogens is 473 g/mol. The van der Waals surface area contributed by atoms with Gasteiger partial charge in [-0.25, -0.2) is 19.6 Å². The third-order valence-corrected chi connectivity index (χ3v) is 6.41. The van der Waals surface area contributed by atoms with Crippen LogP contribution in [-0.2, 0) is 6.18 Å². The van der Waals surface area contributed by atoms with Crippen molar-refractivity contribution in [1.82, 2.24) is 34.7 Å². The number of alkyl halides is 3. The van der Waals surface area contributed by atoms with Crippen molar-refractivity contribution in [2.75, 3.05) is 0 Å². The van der Waals surface area contributed by atoms with Crippen molar-refractivity contribution < 1.29 is 13.2 Å². The maximum absolute atomic E-state index is 13.0. The molecule has 0 aromatic carbocycles. The molecule has 4 heterocycles. The largest absolute Gasteiger partial charge is 0.433 e. The molecule has 4 aromatic heterocycles. The van der Waals surface area contributed by atoms with Crippen LogP contribution < -0.4 is 5.56 Å². The van der Waals surface area contributed by atoms with Gasteiger partial charge in [-0.3, -0.25) is 9.78 Å². The second kappa shape index (κ2) is 8.57. The number of hydrogen-bond donors (Lipinski definition) is 1. The second-order valence-electron chi connectivity index (χ2n) is 8.47. The van der Waals surface area contributed by atoms with Crippen LogP contribution in [0.15, 0.2) is 35.5 Å². The highest BCUT2D eigenvalue weighted by Gasteiger charge is 2.38. The fourth-order valence-electron chi connectivity index (χ4n) is 4.29. The summed E-state index contributed by atoms with van der Waals surface area (Å²) in [5.74, 6) is 3.20. The van der Waals surface area contributed by atoms with Gasteiger partial charge >= 0.3 is 6.18 Å². The summed E-state index contributed by atoms with van der Waals surface area (Å²) in [6.45, 7) is 1.67. The van der Waals surface area contributed by atoms with Crippen molar-refractivity contribution >= 4 is 11.0 Å². The molecule has 0 spiro atoms. The molecule has 1 fully saturated rings. The van der Waals surface area contributed by atoms with E-state index in [2.05, 4.69) is 35.9 Å². The summed E-state index contributed by atoms with van der Waals surface area (Å²) in [7, 11) is 0. The Morgan fingerprint density at radius 3 is 2.44 bits per heavy atom. The molecule has 5 rings (SSSR count). The molecule has 0 amide bonds. The molecule has 1 saturated carbocycles. The Balaban J connectivity index is 1.55. The Kier molecular flexibility index (Phi) is 5.52. The van der Waals surface area contributed by atoms with Gasteiger partial charge in [-0.1, -0.05) is 12.0 Å². The Labute approximate surface area is 202 Å². The van der Waals surface area contributed by atoms with Gasteiger partial charge < -0.3 is 4.98 Å². The second-order valence-corrected chi connectivity index (χ2v) is 8.47. The van der Waals surface area contributed by atoms with Crippen LogP contribution in [0.25, 0.3) is 11.0 Å². The number of halogens is 3. The number of terminal acetylenes is 1. The van der Waals surface area contributed by atoms with Crippen molar-refractivity contribution in [3.8, 4) is 18.4 Å². The lowest BCUT2D eigenvalue weighted by atomic mass is 9.72. The third kappa shape index (κ3) is 3.86. The Morgan fingerprint density at radius 1 is 1.17 bits per heavy atom. The van der Waals surface area contributed by atoms with E-state index in [1.807, 2.05) is 6.07 Å². The zero-order valence-corrected chi connectivity index (χ0v) is 18.8. The number of fused-ring (bicyclic) bond motifs is 1. The summed E-state index contributed by atoms with van der Waals surface area (Å²) in [4.78, 5) is 32.6. The maximum atomic E-state index is 13.0. The Morgan fingerprint density at radius 2 is 1.89 bits per heavy atom. The van der Waals surface area contributed by atoms with Gasteiger partial charge in [0.1, 0.15) is 28.8 Å². The molecule has 4 aromatic rings. The molecule has 9 nitrogen and oxygen atoms in total. The fourth-order valence-corrected chi connectivity index (χ4v) is 4.29. The van der Waals surface area contributed by atoms with Gasteiger partial charge in [0.05, 0.1) is 11.6 Å². The van der Waals surface area contributed by atoms with Crippen LogP contribution in [0.2, 0.25) is 0 Å². The standard InChI is InChI=1S/C24H17F3N8O/c1-3-13-9-30-20(31-10-13)15-5-6-16(15)21-32-22-19(23(36)33-21)17(8-28)34-35(22)12(2)14-4-7-18(29-11-14)24(25,26)27/h1,4,7,9-12,15-16H,5-6H2,2H3,(H,32,33,36)/t12-,15-,16-/m1/s1. The van der Waals surface area contributed by atoms with Gasteiger partial charge in [0.2, 0.25) is 0 Å². The molecule has 180 valence electrons. The minimum atomic E-state index is -4.57. The molecule has 0 radical (unpaired) electrons. The Bertz CT molecular complexity index is 1590. The molecule has 0 aliphatic heterocycles. The van der Waals surface area contributed by atoms with Crippen LogP contribution in [0.4, 0.5) is 13.2 Å². The van der Waals surface area contributed by atoms with Crippen LogP contribution in [0.5, 0.6) is 0 Å². The average molecular weight is 490 g/mol. The van der Waals surface area contributed by atoms with E-state index in [4.69, 9.17) is 6.42 Å². The first-order valence-electron chi connectivity index (χ1n) is 11.0. The minimum Gasteiger partial charge on any atom is -0.310 e. The number of nitrogens with zero attached hydrogens (tertiary/aromatic N) is 7. The third-order valence-electron chi connectivity index (χ3n) is 6.41. The van der Waals surface area contributed by atoms with Gasteiger partial charge in [0.25, 0.3) is 5.56 Å². The average Bonchev–Trinajstić information content (AvgIpc) is 3.22. The van der Waals surface area contributed by atoms with E-state index in [9.17, 15) is 23.2 Å². The highest BCUT2D eigenvalue weighted by molar-refractivity contribution is 5.80. The summed E-state index contributed by atoms with van der Waals surface area (Å²) < 4.78 is 40.1. The molecule has 0 bridgehead atoms. The van der Waals surface area contributed by atoms with Gasteiger partial charge in [-0.15, -0.1) is 6.42 Å². The summed E-state index contributed by atoms with van der Waals surface area (Å²) in [5, 5.41) is 13.8. The van der Waals surface area contributed by atoms with Crippen LogP contribution in [0.3, 0.4) is 0 Å². The van der Waals surface area contributed by atoms with Gasteiger partial charge in [-0.2, -0.15) is 23.5 Å². The topological polar surface area (TPSA) is 126 Å². The predicted octanol–water partition coefficient (Wildman–Crippen LogP) is 3.45. The summed E-state index contributed by atoms with van der Waals surface area (Å²) in [5.41, 5.74) is -0.551. The predicted molar refractivity (Wildman–Crippen MR) is 121 cm³/mol. The zero-order chi connectivity index (χ0) is 25.6. The number of pyridine rings is 1. The molecule has 1 aliphatic carbocycles. The number of rotatable bonds is 4. The first-order valence-corrected chi connectivity index (χ1v) is 11.0. The highest BCUT2D eigenvalue weighted by atomic mass is 19.4. The van der Waals surface area contributed by atoms with E-state index >= 15 is 0 Å². The SMILES string of the molecule is C#Cc1cnc([C@@H]2CC[C@H]2c2nc3c(c(C#N)nn3[C@H](C)c3ccc(C(F)(F)F)nc3)c(=O)[nH]2)nc1. The molecular formula is C24H17F3N8O. The summed E-state index contributed by atoms with van der Waals surface area (Å²) in [6, 6.07) is 3.41. The zero-order valence-electron chi connectivity index (χ0n) is 18.8. The lowest BCUT2D eigenvalue weighted by molar-refractivity contribution is -0.141. The van der Waals surface area contributed by atoms with Crippen LogP contribution >= 0.6 is 0 Å². The van der Waals surface area contributed by atoms with E-state index in [1.165, 1.54) is 10.7 Å². The van der Waals surface area contributed by atoms with Gasteiger partial charge in [-0.05, 0) is 31.4 Å². The van der Waals surface area contributed by atoms with Crippen LogP contribution in [-0.4, -0.2) is 34.7 Å². The lowest BCUT2D eigenvalue weighted by Gasteiger charge is -2.34. The number of nitriles is 1. The van der Waals surface area contributed by atoms with E-state index in [0.717, 1.165) is 25.1 Å². The number of H-pyrrole nitrogens is 1. The number of aromatic amines is 1. The molecule has 1 aliphatic rings. The van der Waals surface area contributed by atoms with Crippen LogP contribution in [0, 0.1) is 23.7 Å². The highest BCUT2D eigenvalue weighted by Crippen LogP contribution is 2.46. The van der Waals surface area contributed by atoms with Crippen LogP contribution in [0.1, 0.15) is 71.8 Å². The van der Waals surface area contributed by atoms with Crippen molar-refractivity contribution in [1.29, 1.82) is 5.26 Å². The van der Waals surface area contributed by atoms with Crippen molar-refractivity contribution in [2.45, 2.75) is 43.8 Å². The molecule has 0 unspecified atom stereocenters. The minimum absolute atomic E-state index is 0.0125. The molecule has 36 heavy (non-hydrogen) atoms. The number of aromatic nitrogens is 7. The van der Waals surface area contributed by atoms with Gasteiger partial charge in [0, 0.05) is 30.4 Å². The normalized spacial score (nSPS) is 18.3. The first kappa shape index (κ1) is 23.2. The lowest BCUT2D eigenvalue weighted by Crippen LogP contribution is -2.28. The molecule has 1 N–H and O–H groups in total. The number of nitrogens with one attached hydrogen (secondary N) is 1. The summed E-state index contributed by atoms with van der Waals surface area (Å²) in [6.07, 6.45) is 6.54. The smallest absolute Gasteiger partial charge is 0.310 e. The van der Waals surface area contributed by atoms with E-state index < -0.39 is 23.5 Å². The van der Waals surface area contributed by atoms with Crippen molar-refractivity contribution in [2.24, 2.45) is 0 Å². The molecule has 0 saturated heterocycles. The number of hydrogen-bond acceptors (Lipinski definition) is 7. The first-order chi connectivity index (χ1) is 17.2. The molecule has 3 atom stereocenters. The van der Waals surface area contributed by atoms with E-state index in [1.54, 1.807) is 19.3 Å². The fraction of sp³-hybridized carbons (Fsp3) is 0.292. The quantitative estimate of drug-likeness (QED) is 0.434. The molecule has 12 heteroatoms.